The van der Waals surface area contributed by atoms with Crippen molar-refractivity contribution in [2.24, 2.45) is 5.92 Å². The van der Waals surface area contributed by atoms with Crippen LogP contribution in [0.15, 0.2) is 30.0 Å². The van der Waals surface area contributed by atoms with E-state index in [1.54, 1.807) is 14.0 Å². The molecule has 0 fully saturated rings. The molecule has 2 heterocycles. The maximum absolute atomic E-state index is 13.0. The predicted molar refractivity (Wildman–Crippen MR) is 102 cm³/mol. The van der Waals surface area contributed by atoms with Crippen molar-refractivity contribution in [3.8, 4) is 5.75 Å². The number of aromatic nitrogens is 1. The second-order valence-electron chi connectivity index (χ2n) is 7.34. The average Bonchev–Trinajstić information content (AvgIpc) is 3.12. The summed E-state index contributed by atoms with van der Waals surface area (Å²) < 4.78 is 44.6. The summed E-state index contributed by atoms with van der Waals surface area (Å²) in [6.45, 7) is 5.82. The van der Waals surface area contributed by atoms with Gasteiger partial charge >= 0.3 is 6.18 Å². The molecule has 1 unspecified atom stereocenters. The maximum atomic E-state index is 13.0. The standard InChI is InChI=1S/C21H27F3N2O/c1-4-16(21(22,23)24)12-15-6-9-26(10-7-15)13-18-17-5-8-25-20(17)14(2)11-19(18)27-3/h5-6,8,11,16,25H,4,7,9-10,12-13H2,1-3H3. The Bertz CT molecular complexity index is 823. The third-order valence-electron chi connectivity index (χ3n) is 5.56. The zero-order chi connectivity index (χ0) is 19.6. The van der Waals surface area contributed by atoms with Crippen molar-refractivity contribution in [3.05, 3.63) is 41.1 Å². The van der Waals surface area contributed by atoms with Gasteiger partial charge in [-0.1, -0.05) is 18.6 Å². The Balaban J connectivity index is 1.73. The molecule has 3 rings (SSSR count). The lowest BCUT2D eigenvalue weighted by Gasteiger charge is -2.29. The lowest BCUT2D eigenvalue weighted by atomic mass is 9.92. The molecule has 0 saturated heterocycles. The van der Waals surface area contributed by atoms with Gasteiger partial charge in [-0.05, 0) is 43.9 Å². The van der Waals surface area contributed by atoms with Crippen molar-refractivity contribution >= 4 is 10.9 Å². The summed E-state index contributed by atoms with van der Waals surface area (Å²) in [5.41, 5.74) is 4.29. The minimum Gasteiger partial charge on any atom is -0.496 e. The molecule has 6 heteroatoms. The van der Waals surface area contributed by atoms with E-state index in [4.69, 9.17) is 4.74 Å². The normalized spacial score (nSPS) is 17.2. The number of ether oxygens (including phenoxy) is 1. The molecule has 0 bridgehead atoms. The fraction of sp³-hybridized carbons (Fsp3) is 0.524. The number of H-pyrrole nitrogens is 1. The molecule has 1 aliphatic rings. The molecule has 0 spiro atoms. The van der Waals surface area contributed by atoms with Crippen LogP contribution in [-0.4, -0.2) is 36.3 Å². The highest BCUT2D eigenvalue weighted by Gasteiger charge is 2.38. The van der Waals surface area contributed by atoms with Gasteiger partial charge in [0.15, 0.2) is 0 Å². The summed E-state index contributed by atoms with van der Waals surface area (Å²) in [6, 6.07) is 4.09. The monoisotopic (exact) mass is 380 g/mol. The fourth-order valence-electron chi connectivity index (χ4n) is 3.89. The van der Waals surface area contributed by atoms with E-state index < -0.39 is 12.1 Å². The van der Waals surface area contributed by atoms with Crippen LogP contribution in [0.25, 0.3) is 10.9 Å². The van der Waals surface area contributed by atoms with Gasteiger partial charge in [0.1, 0.15) is 5.75 Å². The highest BCUT2D eigenvalue weighted by atomic mass is 19.4. The quantitative estimate of drug-likeness (QED) is 0.661. The number of aromatic amines is 1. The molecule has 0 saturated carbocycles. The van der Waals surface area contributed by atoms with Crippen LogP contribution < -0.4 is 4.74 Å². The van der Waals surface area contributed by atoms with Crippen LogP contribution >= 0.6 is 0 Å². The molecule has 0 radical (unpaired) electrons. The number of aryl methyl sites for hydroxylation is 1. The Labute approximate surface area is 158 Å². The number of nitrogens with one attached hydrogen (secondary N) is 1. The van der Waals surface area contributed by atoms with Crippen LogP contribution in [0.4, 0.5) is 13.2 Å². The highest BCUT2D eigenvalue weighted by molar-refractivity contribution is 5.88. The first-order valence-electron chi connectivity index (χ1n) is 9.44. The van der Waals surface area contributed by atoms with E-state index in [2.05, 4.69) is 16.0 Å². The molecule has 1 aromatic carbocycles. The zero-order valence-electron chi connectivity index (χ0n) is 16.1. The molecular formula is C21H27F3N2O. The lowest BCUT2D eigenvalue weighted by molar-refractivity contribution is -0.175. The van der Waals surface area contributed by atoms with E-state index in [1.807, 2.05) is 25.3 Å². The minimum absolute atomic E-state index is 0.129. The molecule has 1 aromatic heterocycles. The fourth-order valence-corrected chi connectivity index (χ4v) is 3.89. The number of nitrogens with zero attached hydrogens (tertiary/aromatic N) is 1. The van der Waals surface area contributed by atoms with Crippen LogP contribution in [-0.2, 0) is 6.54 Å². The van der Waals surface area contributed by atoms with Crippen molar-refractivity contribution in [2.75, 3.05) is 20.2 Å². The molecule has 0 aliphatic carbocycles. The molecule has 148 valence electrons. The summed E-state index contributed by atoms with van der Waals surface area (Å²) in [5, 5.41) is 1.14. The van der Waals surface area contributed by atoms with Crippen LogP contribution in [0.5, 0.6) is 5.75 Å². The molecule has 1 aliphatic heterocycles. The Morgan fingerprint density at radius 1 is 1.33 bits per heavy atom. The van der Waals surface area contributed by atoms with Crippen molar-refractivity contribution in [1.82, 2.24) is 9.88 Å². The first-order valence-corrected chi connectivity index (χ1v) is 9.44. The van der Waals surface area contributed by atoms with Gasteiger partial charge in [0.25, 0.3) is 0 Å². The van der Waals surface area contributed by atoms with E-state index in [-0.39, 0.29) is 12.8 Å². The van der Waals surface area contributed by atoms with E-state index in [1.165, 1.54) is 0 Å². The van der Waals surface area contributed by atoms with Crippen molar-refractivity contribution < 1.29 is 17.9 Å². The molecule has 3 nitrogen and oxygen atoms in total. The van der Waals surface area contributed by atoms with Gasteiger partial charge in [0, 0.05) is 42.3 Å². The molecule has 0 amide bonds. The Kier molecular flexibility index (Phi) is 5.84. The third-order valence-corrected chi connectivity index (χ3v) is 5.56. The highest BCUT2D eigenvalue weighted by Crippen LogP contribution is 2.36. The maximum Gasteiger partial charge on any atom is 0.392 e. The Hall–Kier alpha value is -1.95. The van der Waals surface area contributed by atoms with E-state index in [9.17, 15) is 13.2 Å². The number of methoxy groups -OCH3 is 1. The van der Waals surface area contributed by atoms with Gasteiger partial charge in [0.2, 0.25) is 0 Å². The van der Waals surface area contributed by atoms with Crippen LogP contribution in [0, 0.1) is 12.8 Å². The second-order valence-corrected chi connectivity index (χ2v) is 7.34. The molecule has 1 atom stereocenters. The van der Waals surface area contributed by atoms with E-state index >= 15 is 0 Å². The molecule has 2 aromatic rings. The summed E-state index contributed by atoms with van der Waals surface area (Å²) in [4.78, 5) is 5.54. The summed E-state index contributed by atoms with van der Waals surface area (Å²) >= 11 is 0. The van der Waals surface area contributed by atoms with Gasteiger partial charge in [0.05, 0.1) is 13.0 Å². The molecular weight excluding hydrogens is 353 g/mol. The predicted octanol–water partition coefficient (Wildman–Crippen LogP) is 5.60. The number of halogens is 3. The number of fused-ring (bicyclic) bond motifs is 1. The average molecular weight is 380 g/mol. The van der Waals surface area contributed by atoms with Crippen LogP contribution in [0.1, 0.15) is 37.3 Å². The summed E-state index contributed by atoms with van der Waals surface area (Å²) in [5.74, 6) is -0.371. The van der Waals surface area contributed by atoms with Crippen molar-refractivity contribution in [3.63, 3.8) is 0 Å². The number of alkyl halides is 3. The van der Waals surface area contributed by atoms with E-state index in [0.29, 0.717) is 13.0 Å². The number of hydrogen-bond acceptors (Lipinski definition) is 2. The number of rotatable bonds is 6. The minimum atomic E-state index is -4.11. The first kappa shape index (κ1) is 19.8. The van der Waals surface area contributed by atoms with Crippen molar-refractivity contribution in [1.29, 1.82) is 0 Å². The number of benzene rings is 1. The van der Waals surface area contributed by atoms with Gasteiger partial charge in [-0.15, -0.1) is 0 Å². The molecule has 1 N–H and O–H groups in total. The third kappa shape index (κ3) is 4.32. The molecule has 27 heavy (non-hydrogen) atoms. The summed E-state index contributed by atoms with van der Waals surface area (Å²) in [7, 11) is 1.67. The van der Waals surface area contributed by atoms with E-state index in [0.717, 1.165) is 46.4 Å². The second kappa shape index (κ2) is 7.97. The lowest BCUT2D eigenvalue weighted by Crippen LogP contribution is -2.30. The smallest absolute Gasteiger partial charge is 0.392 e. The SMILES string of the molecule is CCC(CC1=CCN(Cc2c(OC)cc(C)c3[nH]ccc23)CC1)C(F)(F)F. The van der Waals surface area contributed by atoms with Gasteiger partial charge < -0.3 is 9.72 Å². The van der Waals surface area contributed by atoms with Gasteiger partial charge in [-0.3, -0.25) is 4.90 Å². The van der Waals surface area contributed by atoms with Crippen LogP contribution in [0.3, 0.4) is 0 Å². The summed E-state index contributed by atoms with van der Waals surface area (Å²) in [6.07, 6.45) is 0.753. The van der Waals surface area contributed by atoms with Gasteiger partial charge in [-0.25, -0.2) is 0 Å². The number of hydrogen-bond donors (Lipinski definition) is 1. The topological polar surface area (TPSA) is 28.3 Å². The van der Waals surface area contributed by atoms with Crippen LogP contribution in [0.2, 0.25) is 0 Å². The zero-order valence-corrected chi connectivity index (χ0v) is 16.1. The van der Waals surface area contributed by atoms with Crippen molar-refractivity contribution in [2.45, 2.75) is 45.8 Å². The van der Waals surface area contributed by atoms with Gasteiger partial charge in [-0.2, -0.15) is 13.2 Å². The Morgan fingerprint density at radius 2 is 2.11 bits per heavy atom. The Morgan fingerprint density at radius 3 is 2.70 bits per heavy atom. The first-order chi connectivity index (χ1) is 12.8. The largest absolute Gasteiger partial charge is 0.496 e.